The Hall–Kier alpha value is -0.750. The first kappa shape index (κ1) is 13.2. The van der Waals surface area contributed by atoms with Gasteiger partial charge in [0, 0.05) is 37.8 Å². The summed E-state index contributed by atoms with van der Waals surface area (Å²) in [6, 6.07) is -0.246. The summed E-state index contributed by atoms with van der Waals surface area (Å²) in [7, 11) is 0. The molecule has 0 aromatic carbocycles. The van der Waals surface area contributed by atoms with Gasteiger partial charge in [0.2, 0.25) is 11.8 Å². The third-order valence-electron chi connectivity index (χ3n) is 4.34. The minimum Gasteiger partial charge on any atom is -0.381 e. The van der Waals surface area contributed by atoms with Crippen LogP contribution in [0.1, 0.15) is 19.8 Å². The van der Waals surface area contributed by atoms with Crippen LogP contribution >= 0.6 is 11.8 Å². The molecule has 6 heteroatoms. The number of carbonyl (C=O) groups excluding carboxylic acids is 2. The molecule has 106 valence electrons. The molecule has 0 aromatic heterocycles. The van der Waals surface area contributed by atoms with Gasteiger partial charge in [-0.05, 0) is 12.8 Å². The Morgan fingerprint density at radius 1 is 1.37 bits per heavy atom. The van der Waals surface area contributed by atoms with Crippen molar-refractivity contribution in [2.75, 3.05) is 37.9 Å². The smallest absolute Gasteiger partial charge is 0.246 e. The van der Waals surface area contributed by atoms with E-state index in [1.165, 1.54) is 0 Å². The van der Waals surface area contributed by atoms with Gasteiger partial charge < -0.3 is 14.5 Å². The van der Waals surface area contributed by atoms with Crippen LogP contribution in [-0.2, 0) is 14.3 Å². The van der Waals surface area contributed by atoms with E-state index in [1.54, 1.807) is 23.6 Å². The normalized spacial score (nSPS) is 29.4. The first-order valence-corrected chi connectivity index (χ1v) is 7.98. The third kappa shape index (κ3) is 2.36. The standard InChI is InChI=1S/C13H20N2O3S/c1-10(16)15-9-19-5-11(15)12(17)14-6-13(7-14)3-2-4-18-8-13/h11H,2-9H2,1H3. The van der Waals surface area contributed by atoms with E-state index in [-0.39, 0.29) is 23.3 Å². The van der Waals surface area contributed by atoms with Crippen molar-refractivity contribution in [3.63, 3.8) is 0 Å². The summed E-state index contributed by atoms with van der Waals surface area (Å²) in [6.45, 7) is 4.79. The molecule has 3 aliphatic heterocycles. The zero-order valence-electron chi connectivity index (χ0n) is 11.3. The Balaban J connectivity index is 1.59. The number of ether oxygens (including phenoxy) is 1. The lowest BCUT2D eigenvalue weighted by Crippen LogP contribution is -2.64. The largest absolute Gasteiger partial charge is 0.381 e. The molecule has 0 bridgehead atoms. The third-order valence-corrected chi connectivity index (χ3v) is 5.35. The van der Waals surface area contributed by atoms with Crippen molar-refractivity contribution < 1.29 is 14.3 Å². The van der Waals surface area contributed by atoms with Gasteiger partial charge in [0.1, 0.15) is 6.04 Å². The minimum absolute atomic E-state index is 0.000383. The molecule has 0 aromatic rings. The number of thioether (sulfide) groups is 1. The topological polar surface area (TPSA) is 49.9 Å². The van der Waals surface area contributed by atoms with Crippen molar-refractivity contribution in [2.45, 2.75) is 25.8 Å². The number of rotatable bonds is 1. The molecule has 19 heavy (non-hydrogen) atoms. The maximum Gasteiger partial charge on any atom is 0.246 e. The zero-order valence-corrected chi connectivity index (χ0v) is 12.1. The van der Waals surface area contributed by atoms with Crippen LogP contribution in [0, 0.1) is 5.41 Å². The van der Waals surface area contributed by atoms with Crippen LogP contribution in [0.2, 0.25) is 0 Å². The molecule has 3 rings (SSSR count). The number of nitrogens with zero attached hydrogens (tertiary/aromatic N) is 2. The van der Waals surface area contributed by atoms with Crippen molar-refractivity contribution in [2.24, 2.45) is 5.41 Å². The molecule has 0 radical (unpaired) electrons. The molecule has 5 nitrogen and oxygen atoms in total. The predicted octanol–water partition coefficient (Wildman–Crippen LogP) is 0.547. The van der Waals surface area contributed by atoms with E-state index in [0.29, 0.717) is 5.88 Å². The maximum absolute atomic E-state index is 12.4. The highest BCUT2D eigenvalue weighted by Crippen LogP contribution is 2.39. The van der Waals surface area contributed by atoms with Gasteiger partial charge in [0.05, 0.1) is 12.5 Å². The molecule has 0 aliphatic carbocycles. The van der Waals surface area contributed by atoms with Crippen molar-refractivity contribution in [3.8, 4) is 0 Å². The summed E-state index contributed by atoms with van der Waals surface area (Å²) in [5.74, 6) is 1.50. The fourth-order valence-corrected chi connectivity index (χ4v) is 4.46. The Kier molecular flexibility index (Phi) is 3.47. The monoisotopic (exact) mass is 284 g/mol. The van der Waals surface area contributed by atoms with Crippen LogP contribution in [0.15, 0.2) is 0 Å². The second-order valence-corrected chi connectivity index (χ2v) is 6.85. The molecular weight excluding hydrogens is 264 g/mol. The SMILES string of the molecule is CC(=O)N1CSCC1C(=O)N1CC2(CCCOC2)C1. The van der Waals surface area contributed by atoms with Crippen LogP contribution in [-0.4, -0.2) is 65.6 Å². The fourth-order valence-electron chi connectivity index (χ4n) is 3.25. The molecule has 3 aliphatic rings. The van der Waals surface area contributed by atoms with Gasteiger partial charge in [-0.2, -0.15) is 0 Å². The molecular formula is C13H20N2O3S. The molecule has 1 unspecified atom stereocenters. The van der Waals surface area contributed by atoms with Crippen LogP contribution in [0.4, 0.5) is 0 Å². The van der Waals surface area contributed by atoms with E-state index in [2.05, 4.69) is 0 Å². The number of hydrogen-bond acceptors (Lipinski definition) is 4. The summed E-state index contributed by atoms with van der Waals surface area (Å²) < 4.78 is 5.53. The Bertz CT molecular complexity index is 387. The van der Waals surface area contributed by atoms with Crippen molar-refractivity contribution >= 4 is 23.6 Å². The van der Waals surface area contributed by atoms with Crippen LogP contribution in [0.5, 0.6) is 0 Å². The van der Waals surface area contributed by atoms with E-state index in [9.17, 15) is 9.59 Å². The van der Waals surface area contributed by atoms with Crippen LogP contribution in [0.3, 0.4) is 0 Å². The highest BCUT2D eigenvalue weighted by Gasteiger charge is 2.48. The van der Waals surface area contributed by atoms with Crippen LogP contribution in [0.25, 0.3) is 0 Å². The lowest BCUT2D eigenvalue weighted by Gasteiger charge is -2.52. The second-order valence-electron chi connectivity index (χ2n) is 5.85. The summed E-state index contributed by atoms with van der Waals surface area (Å²) in [5, 5.41) is 0. The van der Waals surface area contributed by atoms with E-state index in [1.807, 2.05) is 4.90 Å². The van der Waals surface area contributed by atoms with Crippen molar-refractivity contribution in [3.05, 3.63) is 0 Å². The average molecular weight is 284 g/mol. The Morgan fingerprint density at radius 3 is 2.79 bits per heavy atom. The lowest BCUT2D eigenvalue weighted by molar-refractivity contribution is -0.160. The molecule has 2 amide bonds. The summed E-state index contributed by atoms with van der Waals surface area (Å²) in [5.41, 5.74) is 0.209. The number of amides is 2. The summed E-state index contributed by atoms with van der Waals surface area (Å²) in [6.07, 6.45) is 2.26. The Labute approximate surface area is 117 Å². The van der Waals surface area contributed by atoms with Gasteiger partial charge in [-0.1, -0.05) is 0 Å². The zero-order chi connectivity index (χ0) is 13.5. The van der Waals surface area contributed by atoms with Crippen LogP contribution < -0.4 is 0 Å². The Morgan fingerprint density at radius 2 is 2.16 bits per heavy atom. The van der Waals surface area contributed by atoms with Crippen molar-refractivity contribution in [1.82, 2.24) is 9.80 Å². The molecule has 3 saturated heterocycles. The van der Waals surface area contributed by atoms with Gasteiger partial charge in [0.25, 0.3) is 0 Å². The van der Waals surface area contributed by atoms with Crippen molar-refractivity contribution in [1.29, 1.82) is 0 Å². The molecule has 1 atom stereocenters. The highest BCUT2D eigenvalue weighted by molar-refractivity contribution is 7.99. The number of carbonyl (C=O) groups is 2. The first-order valence-electron chi connectivity index (χ1n) is 6.83. The fraction of sp³-hybridized carbons (Fsp3) is 0.846. The van der Waals surface area contributed by atoms with Gasteiger partial charge in [-0.15, -0.1) is 11.8 Å². The van der Waals surface area contributed by atoms with E-state index < -0.39 is 0 Å². The van der Waals surface area contributed by atoms with Gasteiger partial charge in [0.15, 0.2) is 0 Å². The van der Waals surface area contributed by atoms with E-state index in [0.717, 1.165) is 44.9 Å². The number of likely N-dealkylation sites (tertiary alicyclic amines) is 1. The molecule has 0 saturated carbocycles. The highest BCUT2D eigenvalue weighted by atomic mass is 32.2. The first-order chi connectivity index (χ1) is 9.11. The maximum atomic E-state index is 12.4. The lowest BCUT2D eigenvalue weighted by atomic mass is 9.75. The number of hydrogen-bond donors (Lipinski definition) is 0. The van der Waals surface area contributed by atoms with Gasteiger partial charge >= 0.3 is 0 Å². The molecule has 1 spiro atoms. The summed E-state index contributed by atoms with van der Waals surface area (Å²) in [4.78, 5) is 27.5. The summed E-state index contributed by atoms with van der Waals surface area (Å²) >= 11 is 1.66. The molecule has 0 N–H and O–H groups in total. The molecule has 3 heterocycles. The van der Waals surface area contributed by atoms with E-state index in [4.69, 9.17) is 4.74 Å². The molecule has 3 fully saturated rings. The average Bonchev–Trinajstić information content (AvgIpc) is 2.85. The predicted molar refractivity (Wildman–Crippen MR) is 72.7 cm³/mol. The van der Waals surface area contributed by atoms with Gasteiger partial charge in [-0.3, -0.25) is 9.59 Å². The minimum atomic E-state index is -0.246. The van der Waals surface area contributed by atoms with E-state index >= 15 is 0 Å². The quantitative estimate of drug-likeness (QED) is 0.705. The van der Waals surface area contributed by atoms with Gasteiger partial charge in [-0.25, -0.2) is 0 Å². The second kappa shape index (κ2) is 4.98.